The molecule has 0 bridgehead atoms. The first-order valence-corrected chi connectivity index (χ1v) is 6.60. The number of nitrogens with one attached hydrogen (secondary N) is 1. The Balaban J connectivity index is 0.00000162. The third kappa shape index (κ3) is 3.08. The van der Waals surface area contributed by atoms with Crippen LogP contribution in [0.4, 0.5) is 0 Å². The van der Waals surface area contributed by atoms with Crippen molar-refractivity contribution in [3.63, 3.8) is 0 Å². The fourth-order valence-corrected chi connectivity index (χ4v) is 2.64. The molecule has 4 nitrogen and oxygen atoms in total. The largest absolute Gasteiger partial charge is 0.345 e. The highest BCUT2D eigenvalue weighted by atomic mass is 79.9. The maximum absolute atomic E-state index is 12.2. The lowest BCUT2D eigenvalue weighted by atomic mass is 9.96. The summed E-state index contributed by atoms with van der Waals surface area (Å²) in [7, 11) is 1.86. The van der Waals surface area contributed by atoms with E-state index in [0.29, 0.717) is 18.2 Å². The zero-order valence-electron chi connectivity index (χ0n) is 10.6. The van der Waals surface area contributed by atoms with Crippen LogP contribution in [0.1, 0.15) is 30.3 Å². The van der Waals surface area contributed by atoms with E-state index in [9.17, 15) is 4.79 Å². The Morgan fingerprint density at radius 1 is 1.67 bits per heavy atom. The third-order valence-electron chi connectivity index (χ3n) is 3.51. The number of hydrogen-bond donors (Lipinski definition) is 2. The van der Waals surface area contributed by atoms with Gasteiger partial charge >= 0.3 is 0 Å². The van der Waals surface area contributed by atoms with Crippen LogP contribution in [0.3, 0.4) is 0 Å². The summed E-state index contributed by atoms with van der Waals surface area (Å²) in [5.41, 5.74) is 6.17. The summed E-state index contributed by atoms with van der Waals surface area (Å²) >= 11 is 3.36. The summed E-state index contributed by atoms with van der Waals surface area (Å²) in [6.45, 7) is 2.51. The van der Waals surface area contributed by atoms with Gasteiger partial charge in [-0.1, -0.05) is 0 Å². The molecule has 0 radical (unpaired) electrons. The monoisotopic (exact) mass is 335 g/mol. The number of hydrogen-bond acceptors (Lipinski definition) is 2. The van der Waals surface area contributed by atoms with Crippen LogP contribution in [-0.4, -0.2) is 22.6 Å². The highest BCUT2D eigenvalue weighted by Crippen LogP contribution is 2.39. The Kier molecular flexibility index (Phi) is 4.86. The lowest BCUT2D eigenvalue weighted by Gasteiger charge is -2.29. The van der Waals surface area contributed by atoms with E-state index in [1.165, 1.54) is 0 Å². The molecular formula is C12H19BrClN3O. The van der Waals surface area contributed by atoms with Gasteiger partial charge in [-0.3, -0.25) is 4.79 Å². The SMILES string of the molecule is Cl.Cn1cc(Br)cc1C(=O)NC(C)(CN)C1CC1. The van der Waals surface area contributed by atoms with E-state index in [0.717, 1.165) is 17.3 Å². The maximum atomic E-state index is 12.2. The summed E-state index contributed by atoms with van der Waals surface area (Å²) in [6.07, 6.45) is 4.18. The van der Waals surface area contributed by atoms with E-state index in [1.807, 2.05) is 30.8 Å². The number of aromatic nitrogens is 1. The second-order valence-corrected chi connectivity index (χ2v) is 5.92. The molecule has 0 saturated heterocycles. The standard InChI is InChI=1S/C12H18BrN3O.ClH/c1-12(7-14,8-3-4-8)15-11(17)10-5-9(13)6-16(10)2;/h5-6,8H,3-4,7,14H2,1-2H3,(H,15,17);1H. The Morgan fingerprint density at radius 3 is 2.67 bits per heavy atom. The first-order valence-electron chi connectivity index (χ1n) is 5.81. The van der Waals surface area contributed by atoms with E-state index in [4.69, 9.17) is 5.73 Å². The van der Waals surface area contributed by atoms with Crippen LogP contribution in [-0.2, 0) is 7.05 Å². The minimum atomic E-state index is -0.270. The zero-order chi connectivity index (χ0) is 12.6. The van der Waals surface area contributed by atoms with Gasteiger partial charge in [0.15, 0.2) is 0 Å². The number of nitrogens with two attached hydrogens (primary N) is 1. The number of carbonyl (C=O) groups is 1. The summed E-state index contributed by atoms with van der Waals surface area (Å²) in [5.74, 6) is 0.471. The molecule has 1 atom stereocenters. The van der Waals surface area contributed by atoms with Crippen LogP contribution < -0.4 is 11.1 Å². The molecule has 1 fully saturated rings. The van der Waals surface area contributed by atoms with Crippen molar-refractivity contribution in [1.82, 2.24) is 9.88 Å². The molecule has 0 aliphatic heterocycles. The number of amides is 1. The molecule has 102 valence electrons. The molecule has 1 aliphatic rings. The Morgan fingerprint density at radius 2 is 2.28 bits per heavy atom. The van der Waals surface area contributed by atoms with Crippen LogP contribution in [0.5, 0.6) is 0 Å². The van der Waals surface area contributed by atoms with Gasteiger partial charge in [-0.05, 0) is 47.7 Å². The van der Waals surface area contributed by atoms with Crippen LogP contribution in [0.2, 0.25) is 0 Å². The second kappa shape index (κ2) is 5.63. The Bertz CT molecular complexity index is 445. The molecule has 1 unspecified atom stereocenters. The average molecular weight is 337 g/mol. The highest BCUT2D eigenvalue weighted by molar-refractivity contribution is 9.10. The minimum absolute atomic E-state index is 0. The van der Waals surface area contributed by atoms with E-state index in [2.05, 4.69) is 21.2 Å². The van der Waals surface area contributed by atoms with Crippen molar-refractivity contribution in [2.45, 2.75) is 25.3 Å². The Hall–Kier alpha value is -0.520. The molecule has 1 heterocycles. The molecule has 2 rings (SSSR count). The van der Waals surface area contributed by atoms with Gasteiger partial charge in [0, 0.05) is 24.3 Å². The normalized spacial score (nSPS) is 17.8. The fourth-order valence-electron chi connectivity index (χ4n) is 2.11. The molecule has 1 saturated carbocycles. The summed E-state index contributed by atoms with van der Waals surface area (Å²) in [6, 6.07) is 1.82. The molecular weight excluding hydrogens is 318 g/mol. The average Bonchev–Trinajstić information content (AvgIpc) is 3.05. The predicted molar refractivity (Wildman–Crippen MR) is 78.0 cm³/mol. The molecule has 1 aliphatic carbocycles. The smallest absolute Gasteiger partial charge is 0.268 e. The minimum Gasteiger partial charge on any atom is -0.345 e. The van der Waals surface area contributed by atoms with Crippen molar-refractivity contribution in [1.29, 1.82) is 0 Å². The van der Waals surface area contributed by atoms with Gasteiger partial charge in [-0.2, -0.15) is 0 Å². The van der Waals surface area contributed by atoms with E-state index in [-0.39, 0.29) is 23.9 Å². The van der Waals surface area contributed by atoms with Gasteiger partial charge in [0.25, 0.3) is 5.91 Å². The number of rotatable bonds is 4. The lowest BCUT2D eigenvalue weighted by Crippen LogP contribution is -2.53. The zero-order valence-corrected chi connectivity index (χ0v) is 13.0. The molecule has 1 aromatic rings. The number of carbonyl (C=O) groups excluding carboxylic acids is 1. The van der Waals surface area contributed by atoms with E-state index >= 15 is 0 Å². The number of halogens is 2. The fraction of sp³-hybridized carbons (Fsp3) is 0.583. The maximum Gasteiger partial charge on any atom is 0.268 e. The van der Waals surface area contributed by atoms with Gasteiger partial charge < -0.3 is 15.6 Å². The van der Waals surface area contributed by atoms with Gasteiger partial charge in [0.1, 0.15) is 5.69 Å². The number of aryl methyl sites for hydroxylation is 1. The summed E-state index contributed by atoms with van der Waals surface area (Å²) in [5, 5.41) is 3.07. The molecule has 18 heavy (non-hydrogen) atoms. The van der Waals surface area contributed by atoms with Crippen molar-refractivity contribution in [2.75, 3.05) is 6.54 Å². The molecule has 1 amide bonds. The molecule has 0 aromatic carbocycles. The van der Waals surface area contributed by atoms with Gasteiger partial charge in [-0.25, -0.2) is 0 Å². The van der Waals surface area contributed by atoms with Crippen molar-refractivity contribution in [2.24, 2.45) is 18.7 Å². The third-order valence-corrected chi connectivity index (χ3v) is 3.94. The van der Waals surface area contributed by atoms with E-state index in [1.54, 1.807) is 0 Å². The van der Waals surface area contributed by atoms with Crippen LogP contribution >= 0.6 is 28.3 Å². The van der Waals surface area contributed by atoms with Crippen molar-refractivity contribution in [3.05, 3.63) is 22.4 Å². The number of nitrogens with zero attached hydrogens (tertiary/aromatic N) is 1. The summed E-state index contributed by atoms with van der Waals surface area (Å²) < 4.78 is 2.72. The van der Waals surface area contributed by atoms with Crippen LogP contribution in [0.25, 0.3) is 0 Å². The van der Waals surface area contributed by atoms with Crippen LogP contribution in [0.15, 0.2) is 16.7 Å². The Labute approximate surface area is 122 Å². The van der Waals surface area contributed by atoms with Crippen molar-refractivity contribution >= 4 is 34.2 Å². The summed E-state index contributed by atoms with van der Waals surface area (Å²) in [4.78, 5) is 12.2. The quantitative estimate of drug-likeness (QED) is 0.884. The first-order chi connectivity index (χ1) is 7.96. The molecule has 3 N–H and O–H groups in total. The van der Waals surface area contributed by atoms with Crippen LogP contribution in [0, 0.1) is 5.92 Å². The van der Waals surface area contributed by atoms with Crippen molar-refractivity contribution in [3.8, 4) is 0 Å². The van der Waals surface area contributed by atoms with Crippen molar-refractivity contribution < 1.29 is 4.79 Å². The van der Waals surface area contributed by atoms with Gasteiger partial charge in [-0.15, -0.1) is 12.4 Å². The predicted octanol–water partition coefficient (Wildman–Crippen LogP) is 2.07. The first kappa shape index (κ1) is 15.5. The van der Waals surface area contributed by atoms with Gasteiger partial charge in [0.2, 0.25) is 0 Å². The van der Waals surface area contributed by atoms with Gasteiger partial charge in [0.05, 0.1) is 5.54 Å². The molecule has 0 spiro atoms. The van der Waals surface area contributed by atoms with E-state index < -0.39 is 0 Å². The molecule has 6 heteroatoms. The topological polar surface area (TPSA) is 60.0 Å². The lowest BCUT2D eigenvalue weighted by molar-refractivity contribution is 0.0889. The molecule has 1 aromatic heterocycles. The highest BCUT2D eigenvalue weighted by Gasteiger charge is 2.41. The second-order valence-electron chi connectivity index (χ2n) is 5.00.